The fourth-order valence-corrected chi connectivity index (χ4v) is 3.98. The lowest BCUT2D eigenvalue weighted by Gasteiger charge is -2.33. The molecule has 1 unspecified atom stereocenters. The minimum Gasteiger partial charge on any atom is -0.495 e. The number of ether oxygens (including phenoxy) is 1. The van der Waals surface area contributed by atoms with Crippen LogP contribution in [0.3, 0.4) is 0 Å². The number of carbonyl (C=O) groups is 2. The minimum absolute atomic E-state index is 0.0725. The largest absolute Gasteiger partial charge is 0.495 e. The van der Waals surface area contributed by atoms with Crippen molar-refractivity contribution in [2.45, 2.75) is 38.5 Å². The molecule has 2 amide bonds. The van der Waals surface area contributed by atoms with Gasteiger partial charge in [0.2, 0.25) is 11.8 Å². The molecule has 1 N–H and O–H groups in total. The third kappa shape index (κ3) is 6.46. The molecule has 1 aromatic heterocycles. The number of rotatable bonds is 8. The molecule has 7 heteroatoms. The lowest BCUT2D eigenvalue weighted by Crippen LogP contribution is -2.40. The van der Waals surface area contributed by atoms with Crippen molar-refractivity contribution in [3.05, 3.63) is 53.3 Å². The van der Waals surface area contributed by atoms with Crippen molar-refractivity contribution in [2.24, 2.45) is 5.92 Å². The summed E-state index contributed by atoms with van der Waals surface area (Å²) in [6, 6.07) is 9.02. The molecule has 0 bridgehead atoms. The van der Waals surface area contributed by atoms with Gasteiger partial charge >= 0.3 is 0 Å². The van der Waals surface area contributed by atoms with Crippen molar-refractivity contribution in [1.82, 2.24) is 9.88 Å². The van der Waals surface area contributed by atoms with Crippen LogP contribution in [0.1, 0.15) is 37.7 Å². The Labute approximate surface area is 182 Å². The second-order valence-electron chi connectivity index (χ2n) is 7.63. The number of methoxy groups -OCH3 is 1. The zero-order chi connectivity index (χ0) is 21.3. The van der Waals surface area contributed by atoms with E-state index in [2.05, 4.69) is 10.3 Å². The zero-order valence-electron chi connectivity index (χ0n) is 17.3. The van der Waals surface area contributed by atoms with Gasteiger partial charge in [-0.2, -0.15) is 0 Å². The van der Waals surface area contributed by atoms with E-state index in [1.165, 1.54) is 0 Å². The van der Waals surface area contributed by atoms with Gasteiger partial charge in [-0.3, -0.25) is 14.6 Å². The van der Waals surface area contributed by atoms with Gasteiger partial charge in [0.25, 0.3) is 0 Å². The Morgan fingerprint density at radius 2 is 2.03 bits per heavy atom. The number of pyridine rings is 1. The number of halogens is 1. The monoisotopic (exact) mass is 429 g/mol. The van der Waals surface area contributed by atoms with Gasteiger partial charge in [-0.15, -0.1) is 0 Å². The number of anilines is 1. The predicted octanol–water partition coefficient (Wildman–Crippen LogP) is 4.33. The molecule has 1 aromatic carbocycles. The number of nitrogens with one attached hydrogen (secondary N) is 1. The standard InChI is InChI=1S/C23H28ClN3O3/c1-30-21-7-6-19(24)15-20(21)26-22(28)8-4-18-3-2-14-27(16-18)23(29)9-5-17-10-12-25-13-11-17/h6-7,10-13,15,18H,2-5,8-9,14,16H2,1H3,(H,26,28). The Bertz CT molecular complexity index is 860. The first-order chi connectivity index (χ1) is 14.5. The SMILES string of the molecule is COc1ccc(Cl)cc1NC(=O)CCC1CCCN(C(=O)CCc2ccncc2)C1. The number of benzene rings is 1. The van der Waals surface area contributed by atoms with Crippen molar-refractivity contribution in [1.29, 1.82) is 0 Å². The van der Waals surface area contributed by atoms with Crippen LogP contribution in [0.2, 0.25) is 5.02 Å². The van der Waals surface area contributed by atoms with Crippen molar-refractivity contribution in [2.75, 3.05) is 25.5 Å². The molecule has 0 saturated carbocycles. The molecule has 160 valence electrons. The fourth-order valence-electron chi connectivity index (χ4n) is 3.81. The highest BCUT2D eigenvalue weighted by Gasteiger charge is 2.24. The van der Waals surface area contributed by atoms with E-state index in [-0.39, 0.29) is 11.8 Å². The summed E-state index contributed by atoms with van der Waals surface area (Å²) < 4.78 is 5.27. The highest BCUT2D eigenvalue weighted by atomic mass is 35.5. The zero-order valence-corrected chi connectivity index (χ0v) is 18.0. The average Bonchev–Trinajstić information content (AvgIpc) is 2.77. The molecule has 0 aliphatic carbocycles. The van der Waals surface area contributed by atoms with Crippen LogP contribution in [0.25, 0.3) is 0 Å². The van der Waals surface area contributed by atoms with Crippen LogP contribution in [0.5, 0.6) is 5.75 Å². The van der Waals surface area contributed by atoms with Crippen LogP contribution < -0.4 is 10.1 Å². The average molecular weight is 430 g/mol. The Hall–Kier alpha value is -2.60. The number of piperidine rings is 1. The van der Waals surface area contributed by atoms with E-state index in [1.54, 1.807) is 37.7 Å². The normalized spacial score (nSPS) is 16.2. The second kappa shape index (κ2) is 11.0. The van der Waals surface area contributed by atoms with Crippen LogP contribution in [0.15, 0.2) is 42.7 Å². The highest BCUT2D eigenvalue weighted by Crippen LogP contribution is 2.28. The van der Waals surface area contributed by atoms with Gasteiger partial charge in [-0.25, -0.2) is 0 Å². The van der Waals surface area contributed by atoms with Gasteiger partial charge in [-0.05, 0) is 67.5 Å². The summed E-state index contributed by atoms with van der Waals surface area (Å²) in [5.41, 5.74) is 1.70. The predicted molar refractivity (Wildman–Crippen MR) is 118 cm³/mol. The Balaban J connectivity index is 1.45. The van der Waals surface area contributed by atoms with E-state index < -0.39 is 0 Å². The number of aryl methyl sites for hydroxylation is 1. The summed E-state index contributed by atoms with van der Waals surface area (Å²) in [5.74, 6) is 1.04. The summed E-state index contributed by atoms with van der Waals surface area (Å²) in [5, 5.41) is 3.42. The van der Waals surface area contributed by atoms with Gasteiger partial charge in [-0.1, -0.05) is 11.6 Å². The highest BCUT2D eigenvalue weighted by molar-refractivity contribution is 6.31. The molecule has 6 nitrogen and oxygen atoms in total. The minimum atomic E-state index is -0.0725. The summed E-state index contributed by atoms with van der Waals surface area (Å²) in [7, 11) is 1.56. The first-order valence-corrected chi connectivity index (χ1v) is 10.7. The number of amides is 2. The van der Waals surface area contributed by atoms with Crippen LogP contribution >= 0.6 is 11.6 Å². The second-order valence-corrected chi connectivity index (χ2v) is 8.07. The quantitative estimate of drug-likeness (QED) is 0.677. The third-order valence-corrected chi connectivity index (χ3v) is 5.70. The summed E-state index contributed by atoms with van der Waals surface area (Å²) in [6.45, 7) is 1.53. The van der Waals surface area contributed by atoms with Crippen LogP contribution in [-0.2, 0) is 16.0 Å². The van der Waals surface area contributed by atoms with Gasteiger partial charge in [0, 0.05) is 43.3 Å². The first kappa shape index (κ1) is 22.1. The molecular formula is C23H28ClN3O3. The first-order valence-electron chi connectivity index (χ1n) is 10.3. The Kier molecular flexibility index (Phi) is 8.08. The molecule has 0 radical (unpaired) electrons. The lowest BCUT2D eigenvalue weighted by atomic mass is 9.93. The molecule has 2 heterocycles. The van der Waals surface area contributed by atoms with Gasteiger partial charge in [0.05, 0.1) is 12.8 Å². The van der Waals surface area contributed by atoms with E-state index in [9.17, 15) is 9.59 Å². The van der Waals surface area contributed by atoms with Gasteiger partial charge in [0.15, 0.2) is 0 Å². The number of hydrogen-bond acceptors (Lipinski definition) is 4. The van der Waals surface area contributed by atoms with Crippen molar-refractivity contribution >= 4 is 29.1 Å². The van der Waals surface area contributed by atoms with Crippen LogP contribution in [0, 0.1) is 5.92 Å². The molecule has 2 aromatic rings. The Morgan fingerprint density at radius 3 is 2.80 bits per heavy atom. The number of aromatic nitrogens is 1. The molecule has 1 atom stereocenters. The maximum absolute atomic E-state index is 12.6. The molecule has 1 aliphatic rings. The van der Waals surface area contributed by atoms with Crippen molar-refractivity contribution in [3.63, 3.8) is 0 Å². The number of nitrogens with zero attached hydrogens (tertiary/aromatic N) is 2. The van der Waals surface area contributed by atoms with E-state index in [0.717, 1.165) is 44.3 Å². The molecule has 1 aliphatic heterocycles. The van der Waals surface area contributed by atoms with E-state index >= 15 is 0 Å². The van der Waals surface area contributed by atoms with Gasteiger partial charge in [0.1, 0.15) is 5.75 Å². The Morgan fingerprint density at radius 1 is 1.23 bits per heavy atom. The number of carbonyl (C=O) groups excluding carboxylic acids is 2. The number of likely N-dealkylation sites (tertiary alicyclic amines) is 1. The van der Waals surface area contributed by atoms with Gasteiger partial charge < -0.3 is 15.0 Å². The van der Waals surface area contributed by atoms with E-state index in [0.29, 0.717) is 35.2 Å². The smallest absolute Gasteiger partial charge is 0.224 e. The molecule has 1 saturated heterocycles. The number of hydrogen-bond donors (Lipinski definition) is 1. The molecule has 0 spiro atoms. The summed E-state index contributed by atoms with van der Waals surface area (Å²) in [4.78, 5) is 31.0. The van der Waals surface area contributed by atoms with Crippen LogP contribution in [-0.4, -0.2) is 41.9 Å². The topological polar surface area (TPSA) is 71.5 Å². The molecule has 30 heavy (non-hydrogen) atoms. The van der Waals surface area contributed by atoms with E-state index in [1.807, 2.05) is 17.0 Å². The van der Waals surface area contributed by atoms with E-state index in [4.69, 9.17) is 16.3 Å². The summed E-state index contributed by atoms with van der Waals surface area (Å²) in [6.07, 6.45) is 7.92. The van der Waals surface area contributed by atoms with Crippen molar-refractivity contribution in [3.8, 4) is 5.75 Å². The third-order valence-electron chi connectivity index (χ3n) is 5.46. The van der Waals surface area contributed by atoms with Crippen molar-refractivity contribution < 1.29 is 14.3 Å². The lowest BCUT2D eigenvalue weighted by molar-refractivity contribution is -0.133. The summed E-state index contributed by atoms with van der Waals surface area (Å²) >= 11 is 6.02. The molecular weight excluding hydrogens is 402 g/mol. The fraction of sp³-hybridized carbons (Fsp3) is 0.435. The molecule has 1 fully saturated rings. The molecule has 3 rings (SSSR count). The maximum Gasteiger partial charge on any atom is 0.224 e. The van der Waals surface area contributed by atoms with Crippen LogP contribution in [0.4, 0.5) is 5.69 Å². The maximum atomic E-state index is 12.6.